The second-order valence-electron chi connectivity index (χ2n) is 6.22. The number of carbonyl (C=O) groups is 2. The van der Waals surface area contributed by atoms with Crippen LogP contribution < -0.4 is 0 Å². The van der Waals surface area contributed by atoms with Crippen molar-refractivity contribution in [3.8, 4) is 0 Å². The third-order valence-electron chi connectivity index (χ3n) is 4.38. The van der Waals surface area contributed by atoms with Crippen LogP contribution in [0.1, 0.15) is 62.2 Å². The van der Waals surface area contributed by atoms with Crippen LogP contribution in [0.4, 0.5) is 4.39 Å². The molecule has 1 aromatic rings. The maximum absolute atomic E-state index is 13.8. The molecule has 0 aliphatic carbocycles. The van der Waals surface area contributed by atoms with Gasteiger partial charge >= 0.3 is 5.97 Å². The Kier molecular flexibility index (Phi) is 7.22. The number of nitrogens with zero attached hydrogens (tertiary/aromatic N) is 1. The third-order valence-corrected chi connectivity index (χ3v) is 4.38. The van der Waals surface area contributed by atoms with Gasteiger partial charge in [-0.25, -0.2) is 9.18 Å². The van der Waals surface area contributed by atoms with Crippen LogP contribution in [0.25, 0.3) is 0 Å². The van der Waals surface area contributed by atoms with E-state index in [1.165, 1.54) is 29.9 Å². The SMILES string of the molecule is CCCCCCCOC(=O)C1CCCN1C(=O)c1ccccc1F. The molecule has 1 aliphatic rings. The van der Waals surface area contributed by atoms with Crippen molar-refractivity contribution >= 4 is 11.9 Å². The molecule has 1 saturated heterocycles. The predicted octanol–water partition coefficient (Wildman–Crippen LogP) is 3.94. The lowest BCUT2D eigenvalue weighted by Gasteiger charge is -2.23. The minimum Gasteiger partial charge on any atom is -0.464 e. The maximum Gasteiger partial charge on any atom is 0.328 e. The van der Waals surface area contributed by atoms with Crippen molar-refractivity contribution in [2.24, 2.45) is 0 Å². The molecule has 1 atom stereocenters. The molecule has 1 fully saturated rings. The number of carbonyl (C=O) groups excluding carboxylic acids is 2. The zero-order chi connectivity index (χ0) is 17.4. The van der Waals surface area contributed by atoms with Crippen molar-refractivity contribution in [1.29, 1.82) is 0 Å². The fourth-order valence-corrected chi connectivity index (χ4v) is 3.02. The predicted molar refractivity (Wildman–Crippen MR) is 90.2 cm³/mol. The Bertz CT molecular complexity index is 561. The summed E-state index contributed by atoms with van der Waals surface area (Å²) in [6.45, 7) is 3.01. The van der Waals surface area contributed by atoms with Gasteiger partial charge in [0.2, 0.25) is 0 Å². The van der Waals surface area contributed by atoms with Crippen LogP contribution >= 0.6 is 0 Å². The van der Waals surface area contributed by atoms with E-state index in [1.807, 2.05) is 0 Å². The van der Waals surface area contributed by atoms with Gasteiger partial charge in [0.1, 0.15) is 11.9 Å². The molecule has 24 heavy (non-hydrogen) atoms. The first-order valence-electron chi connectivity index (χ1n) is 8.87. The quantitative estimate of drug-likeness (QED) is 0.534. The van der Waals surface area contributed by atoms with E-state index in [2.05, 4.69) is 6.92 Å². The van der Waals surface area contributed by atoms with Crippen LogP contribution in [0.2, 0.25) is 0 Å². The zero-order valence-corrected chi connectivity index (χ0v) is 14.3. The van der Waals surface area contributed by atoms with E-state index in [1.54, 1.807) is 12.1 Å². The number of hydrogen-bond acceptors (Lipinski definition) is 3. The third kappa shape index (κ3) is 4.79. The molecular formula is C19H26FNO3. The van der Waals surface area contributed by atoms with Gasteiger partial charge in [-0.3, -0.25) is 4.79 Å². The topological polar surface area (TPSA) is 46.6 Å². The molecule has 0 N–H and O–H groups in total. The molecule has 0 saturated carbocycles. The van der Waals surface area contributed by atoms with E-state index < -0.39 is 17.8 Å². The van der Waals surface area contributed by atoms with Crippen molar-refractivity contribution < 1.29 is 18.7 Å². The summed E-state index contributed by atoms with van der Waals surface area (Å²) in [7, 11) is 0. The van der Waals surface area contributed by atoms with Crippen LogP contribution in [0.5, 0.6) is 0 Å². The largest absolute Gasteiger partial charge is 0.464 e. The summed E-state index contributed by atoms with van der Waals surface area (Å²) in [5.74, 6) is -1.36. The molecule has 1 heterocycles. The smallest absolute Gasteiger partial charge is 0.328 e. The lowest BCUT2D eigenvalue weighted by molar-refractivity contribution is -0.148. The van der Waals surface area contributed by atoms with Crippen molar-refractivity contribution in [3.63, 3.8) is 0 Å². The number of halogens is 1. The molecule has 4 nitrogen and oxygen atoms in total. The van der Waals surface area contributed by atoms with E-state index in [0.717, 1.165) is 25.7 Å². The molecule has 132 valence electrons. The van der Waals surface area contributed by atoms with Gasteiger partial charge in [0, 0.05) is 6.54 Å². The van der Waals surface area contributed by atoms with Crippen molar-refractivity contribution in [2.75, 3.05) is 13.2 Å². The number of rotatable bonds is 8. The highest BCUT2D eigenvalue weighted by Crippen LogP contribution is 2.22. The van der Waals surface area contributed by atoms with E-state index in [-0.39, 0.29) is 11.5 Å². The Morgan fingerprint density at radius 2 is 1.96 bits per heavy atom. The highest BCUT2D eigenvalue weighted by molar-refractivity contribution is 5.97. The summed E-state index contributed by atoms with van der Waals surface area (Å²) in [6.07, 6.45) is 6.72. The first-order valence-corrected chi connectivity index (χ1v) is 8.87. The van der Waals surface area contributed by atoms with Gasteiger partial charge in [-0.05, 0) is 31.4 Å². The number of likely N-dealkylation sites (tertiary alicyclic amines) is 1. The van der Waals surface area contributed by atoms with Crippen LogP contribution in [0.3, 0.4) is 0 Å². The molecule has 0 radical (unpaired) electrons. The van der Waals surface area contributed by atoms with Gasteiger partial charge in [0.05, 0.1) is 12.2 Å². The highest BCUT2D eigenvalue weighted by Gasteiger charge is 2.36. The summed E-state index contributed by atoms with van der Waals surface area (Å²) in [4.78, 5) is 26.2. The van der Waals surface area contributed by atoms with Gasteiger partial charge in [-0.2, -0.15) is 0 Å². The van der Waals surface area contributed by atoms with Gasteiger partial charge < -0.3 is 9.64 Å². The fourth-order valence-electron chi connectivity index (χ4n) is 3.02. The van der Waals surface area contributed by atoms with Gasteiger partial charge in [0.15, 0.2) is 0 Å². The summed E-state index contributed by atoms with van der Waals surface area (Å²) in [5.41, 5.74) is 0.0109. The monoisotopic (exact) mass is 335 g/mol. The molecule has 0 aromatic heterocycles. The summed E-state index contributed by atoms with van der Waals surface area (Å²) >= 11 is 0. The normalized spacial score (nSPS) is 17.1. The fraction of sp³-hybridized carbons (Fsp3) is 0.579. The number of amides is 1. The molecule has 1 unspecified atom stereocenters. The number of esters is 1. The van der Waals surface area contributed by atoms with Crippen LogP contribution in [0, 0.1) is 5.82 Å². The lowest BCUT2D eigenvalue weighted by atomic mass is 10.1. The van der Waals surface area contributed by atoms with E-state index in [9.17, 15) is 14.0 Å². The van der Waals surface area contributed by atoms with Crippen molar-refractivity contribution in [3.05, 3.63) is 35.6 Å². The van der Waals surface area contributed by atoms with Crippen LogP contribution in [0.15, 0.2) is 24.3 Å². The molecule has 0 bridgehead atoms. The molecule has 1 amide bonds. The summed E-state index contributed by atoms with van der Waals surface area (Å²) in [6, 6.07) is 5.28. The first-order chi connectivity index (χ1) is 11.6. The molecule has 2 rings (SSSR count). The average Bonchev–Trinajstić information content (AvgIpc) is 3.07. The lowest BCUT2D eigenvalue weighted by Crippen LogP contribution is -2.41. The minimum atomic E-state index is -0.590. The molecule has 1 aliphatic heterocycles. The van der Waals surface area contributed by atoms with Gasteiger partial charge in [0.25, 0.3) is 5.91 Å². The molecule has 0 spiro atoms. The Balaban J connectivity index is 1.87. The molecule has 5 heteroatoms. The molecule has 1 aromatic carbocycles. The van der Waals surface area contributed by atoms with Crippen molar-refractivity contribution in [1.82, 2.24) is 4.90 Å². The average molecular weight is 335 g/mol. The Hall–Kier alpha value is -1.91. The van der Waals surface area contributed by atoms with E-state index in [4.69, 9.17) is 4.74 Å². The Labute approximate surface area is 143 Å². The standard InChI is InChI=1S/C19H26FNO3/c1-2-3-4-5-8-14-24-19(23)17-12-9-13-21(17)18(22)15-10-6-7-11-16(15)20/h6-7,10-11,17H,2-5,8-9,12-14H2,1H3. The van der Waals surface area contributed by atoms with Gasteiger partial charge in [-0.15, -0.1) is 0 Å². The first kappa shape index (κ1) is 18.4. The maximum atomic E-state index is 13.8. The van der Waals surface area contributed by atoms with E-state index >= 15 is 0 Å². The van der Waals surface area contributed by atoms with Crippen LogP contribution in [-0.4, -0.2) is 36.0 Å². The van der Waals surface area contributed by atoms with Crippen molar-refractivity contribution in [2.45, 2.75) is 57.9 Å². The number of ether oxygens (including phenoxy) is 1. The Morgan fingerprint density at radius 1 is 1.21 bits per heavy atom. The Morgan fingerprint density at radius 3 is 2.71 bits per heavy atom. The number of benzene rings is 1. The van der Waals surface area contributed by atoms with Gasteiger partial charge in [-0.1, -0.05) is 44.7 Å². The number of hydrogen-bond donors (Lipinski definition) is 0. The summed E-state index contributed by atoms with van der Waals surface area (Å²) < 4.78 is 19.1. The highest BCUT2D eigenvalue weighted by atomic mass is 19.1. The number of unbranched alkanes of at least 4 members (excludes halogenated alkanes) is 4. The minimum absolute atomic E-state index is 0.0109. The second-order valence-corrected chi connectivity index (χ2v) is 6.22. The zero-order valence-electron chi connectivity index (χ0n) is 14.3. The van der Waals surface area contributed by atoms with E-state index in [0.29, 0.717) is 19.6 Å². The molecular weight excluding hydrogens is 309 g/mol. The van der Waals surface area contributed by atoms with Crippen LogP contribution in [-0.2, 0) is 9.53 Å². The second kappa shape index (κ2) is 9.40. The summed E-state index contributed by atoms with van der Waals surface area (Å²) in [5, 5.41) is 0.